The van der Waals surface area contributed by atoms with Gasteiger partial charge in [-0.25, -0.2) is 0 Å². The van der Waals surface area contributed by atoms with E-state index in [-0.39, 0.29) is 0 Å². The Hall–Kier alpha value is 0.250. The van der Waals surface area contributed by atoms with Gasteiger partial charge in [0.2, 0.25) is 5.56 Å². The second-order valence-electron chi connectivity index (χ2n) is 0.644. The fraction of sp³-hybridized carbons (Fsp3) is 0.500. The highest BCUT2D eigenvalue weighted by Gasteiger charge is 2.19. The zero-order chi connectivity index (χ0) is 2.99. The van der Waals surface area contributed by atoms with Crippen LogP contribution in [0.2, 0.25) is 0 Å². The Morgan fingerprint density at radius 2 is 2.25 bits per heavy atom. The van der Waals surface area contributed by atoms with Gasteiger partial charge in [-0.2, -0.15) is 0 Å². The fourth-order valence-corrected chi connectivity index (χ4v) is 0.0818. The van der Waals surface area contributed by atoms with Crippen molar-refractivity contribution in [2.24, 2.45) is 0 Å². The molecule has 1 rings (SSSR count). The van der Waals surface area contributed by atoms with Gasteiger partial charge in [0.05, 0.1) is 6.61 Å². The van der Waals surface area contributed by atoms with Crippen molar-refractivity contribution >= 4 is 11.6 Å². The first kappa shape index (κ1) is 2.49. The lowest BCUT2D eigenvalue weighted by molar-refractivity contribution is 0.496. The van der Waals surface area contributed by atoms with E-state index in [4.69, 9.17) is 11.6 Å². The summed E-state index contributed by atoms with van der Waals surface area (Å²) < 4.78 is 4.39. The number of hydrogen-bond acceptors (Lipinski definition) is 1. The van der Waals surface area contributed by atoms with Gasteiger partial charge >= 0.3 is 0 Å². The molecule has 1 heterocycles. The molecule has 0 amide bonds. The van der Waals surface area contributed by atoms with E-state index in [0.29, 0.717) is 12.2 Å². The van der Waals surface area contributed by atoms with E-state index in [2.05, 4.69) is 4.74 Å². The maximum absolute atomic E-state index is 5.08. The fourth-order valence-electron chi connectivity index (χ4n) is 0.0273. The highest BCUT2D eigenvalue weighted by Crippen LogP contribution is 2.22. The molecule has 1 nitrogen and oxygen atoms in total. The molecule has 0 spiro atoms. The van der Waals surface area contributed by atoms with E-state index < -0.39 is 0 Å². The zero-order valence-electron chi connectivity index (χ0n) is 1.99. The standard InChI is InChI=1S/C2H2ClO/c3-2-1-4-2/h1H2. The lowest BCUT2D eigenvalue weighted by Gasteiger charge is -1.45. The summed E-state index contributed by atoms with van der Waals surface area (Å²) in [6, 6.07) is 0. The third-order valence-electron chi connectivity index (χ3n) is 0.253. The average Bonchev–Trinajstić information content (AvgIpc) is 1.75. The Kier molecular flexibility index (Phi) is 0.371. The van der Waals surface area contributed by atoms with Gasteiger partial charge in [0.1, 0.15) is 0 Å². The smallest absolute Gasteiger partial charge is 0.210 e. The summed E-state index contributed by atoms with van der Waals surface area (Å²) in [5.74, 6) is 0. The molecular formula is C2H2ClO. The van der Waals surface area contributed by atoms with Gasteiger partial charge in [0, 0.05) is 0 Å². The molecule has 23 valence electrons. The van der Waals surface area contributed by atoms with Crippen LogP contribution in [0.5, 0.6) is 0 Å². The second kappa shape index (κ2) is 0.597. The molecule has 0 N–H and O–H groups in total. The van der Waals surface area contributed by atoms with Crippen LogP contribution < -0.4 is 0 Å². The molecule has 0 aromatic carbocycles. The number of halogens is 1. The van der Waals surface area contributed by atoms with Crippen LogP contribution in [0.1, 0.15) is 0 Å². The minimum Gasteiger partial charge on any atom is -0.349 e. The van der Waals surface area contributed by atoms with Gasteiger partial charge in [-0.15, -0.1) is 0 Å². The van der Waals surface area contributed by atoms with Crippen LogP contribution in [0, 0.1) is 5.56 Å². The first-order chi connectivity index (χ1) is 1.89. The van der Waals surface area contributed by atoms with Gasteiger partial charge in [-0.3, -0.25) is 0 Å². The van der Waals surface area contributed by atoms with E-state index in [1.54, 1.807) is 0 Å². The molecule has 0 aromatic heterocycles. The van der Waals surface area contributed by atoms with Crippen molar-refractivity contribution in [3.8, 4) is 0 Å². The molecular weight excluding hydrogens is 75.5 g/mol. The van der Waals surface area contributed by atoms with Gasteiger partial charge < -0.3 is 4.74 Å². The summed E-state index contributed by atoms with van der Waals surface area (Å²) in [6.45, 7) is 0.668. The predicted molar refractivity (Wildman–Crippen MR) is 15.0 cm³/mol. The van der Waals surface area contributed by atoms with Gasteiger partial charge in [-0.05, 0) is 0 Å². The van der Waals surface area contributed by atoms with Crippen LogP contribution in [-0.2, 0) is 4.74 Å². The quantitative estimate of drug-likeness (QED) is 0.389. The maximum atomic E-state index is 5.08. The Balaban J connectivity index is 2.17. The summed E-state index contributed by atoms with van der Waals surface area (Å²) in [4.78, 5) is 0. The number of ether oxygens (including phenoxy) is 1. The highest BCUT2D eigenvalue weighted by atomic mass is 35.5. The Morgan fingerprint density at radius 1 is 2.00 bits per heavy atom. The minimum absolute atomic E-state index is 0.639. The number of hydrogen-bond donors (Lipinski definition) is 0. The van der Waals surface area contributed by atoms with E-state index in [0.717, 1.165) is 0 Å². The SMILES string of the molecule is Cl[C]1CO1. The molecule has 1 aliphatic heterocycles. The van der Waals surface area contributed by atoms with Crippen LogP contribution in [0.15, 0.2) is 0 Å². The van der Waals surface area contributed by atoms with Gasteiger partial charge in [0.15, 0.2) is 0 Å². The Labute approximate surface area is 29.5 Å². The van der Waals surface area contributed by atoms with Crippen LogP contribution in [-0.4, -0.2) is 6.61 Å². The summed E-state index contributed by atoms with van der Waals surface area (Å²) in [5.41, 5.74) is 0.639. The van der Waals surface area contributed by atoms with Gasteiger partial charge in [-0.1, -0.05) is 11.6 Å². The molecule has 1 saturated heterocycles. The predicted octanol–water partition coefficient (Wildman–Crippen LogP) is 0.745. The summed E-state index contributed by atoms with van der Waals surface area (Å²) >= 11 is 5.08. The first-order valence-corrected chi connectivity index (χ1v) is 1.41. The molecule has 0 atom stereocenters. The molecule has 1 radical (unpaired) electrons. The topological polar surface area (TPSA) is 12.5 Å². The van der Waals surface area contributed by atoms with Crippen LogP contribution >= 0.6 is 11.6 Å². The van der Waals surface area contributed by atoms with Crippen LogP contribution in [0.4, 0.5) is 0 Å². The van der Waals surface area contributed by atoms with E-state index in [1.165, 1.54) is 0 Å². The Bertz CT molecular complexity index is 25.2. The molecule has 1 fully saturated rings. The largest absolute Gasteiger partial charge is 0.349 e. The van der Waals surface area contributed by atoms with Crippen molar-refractivity contribution in [3.05, 3.63) is 5.56 Å². The van der Waals surface area contributed by atoms with Crippen molar-refractivity contribution < 1.29 is 4.74 Å². The van der Waals surface area contributed by atoms with Crippen molar-refractivity contribution in [1.29, 1.82) is 0 Å². The van der Waals surface area contributed by atoms with E-state index >= 15 is 0 Å². The third-order valence-corrected chi connectivity index (χ3v) is 0.472. The molecule has 0 aromatic rings. The summed E-state index contributed by atoms with van der Waals surface area (Å²) in [6.07, 6.45) is 0. The number of epoxide rings is 1. The van der Waals surface area contributed by atoms with Gasteiger partial charge in [0.25, 0.3) is 0 Å². The molecule has 0 aliphatic carbocycles. The van der Waals surface area contributed by atoms with Crippen molar-refractivity contribution in [3.63, 3.8) is 0 Å². The number of rotatable bonds is 0. The normalized spacial score (nSPS) is 26.2. The van der Waals surface area contributed by atoms with Crippen LogP contribution in [0.3, 0.4) is 0 Å². The van der Waals surface area contributed by atoms with Crippen molar-refractivity contribution in [2.45, 2.75) is 0 Å². The molecule has 0 saturated carbocycles. The molecule has 0 unspecified atom stereocenters. The molecule has 1 aliphatic rings. The average molecular weight is 77.5 g/mol. The zero-order valence-corrected chi connectivity index (χ0v) is 2.75. The lowest BCUT2D eigenvalue weighted by atomic mass is 11.0. The summed E-state index contributed by atoms with van der Waals surface area (Å²) in [5, 5.41) is 0. The monoisotopic (exact) mass is 77.0 g/mol. The maximum Gasteiger partial charge on any atom is 0.210 e. The molecule has 2 heteroatoms. The Morgan fingerprint density at radius 3 is 2.25 bits per heavy atom. The summed E-state index contributed by atoms with van der Waals surface area (Å²) in [7, 11) is 0. The molecule has 4 heavy (non-hydrogen) atoms. The first-order valence-electron chi connectivity index (χ1n) is 1.04. The molecule has 0 bridgehead atoms. The second-order valence-corrected chi connectivity index (χ2v) is 1.07. The third kappa shape index (κ3) is 0.333. The van der Waals surface area contributed by atoms with Crippen molar-refractivity contribution in [1.82, 2.24) is 0 Å². The van der Waals surface area contributed by atoms with E-state index in [9.17, 15) is 0 Å². The lowest BCUT2D eigenvalue weighted by Crippen LogP contribution is -1.33. The van der Waals surface area contributed by atoms with E-state index in [1.807, 2.05) is 0 Å². The van der Waals surface area contributed by atoms with Crippen molar-refractivity contribution in [2.75, 3.05) is 6.61 Å². The highest BCUT2D eigenvalue weighted by molar-refractivity contribution is 6.27. The minimum atomic E-state index is 0.639. The van der Waals surface area contributed by atoms with Crippen LogP contribution in [0.25, 0.3) is 0 Å².